The second-order valence-electron chi connectivity index (χ2n) is 6.05. The van der Waals surface area contributed by atoms with Crippen LogP contribution in [0.3, 0.4) is 0 Å². The summed E-state index contributed by atoms with van der Waals surface area (Å²) in [6.45, 7) is 0.431. The predicted octanol–water partition coefficient (Wildman–Crippen LogP) is 5.44. The first-order valence-electron chi connectivity index (χ1n) is 8.01. The summed E-state index contributed by atoms with van der Waals surface area (Å²) in [6, 6.07) is 24.7. The van der Waals surface area contributed by atoms with Gasteiger partial charge in [-0.05, 0) is 29.3 Å². The molecule has 1 aliphatic rings. The SMILES string of the molecule is O=C1c2ccccc2C(Cl)(c2ccc(Cl)cc2)N1Cc1ccccc1. The standard InChI is InChI=1S/C21H15Cl2NO/c22-17-12-10-16(11-13-17)21(23)19-9-5-4-8-18(19)20(25)24(21)14-15-6-2-1-3-7-15/h1-13H,14H2. The minimum absolute atomic E-state index is 0.0654. The summed E-state index contributed by atoms with van der Waals surface area (Å²) in [6.07, 6.45) is 0. The normalized spacial score (nSPS) is 19.1. The minimum atomic E-state index is -1.05. The maximum atomic E-state index is 13.1. The van der Waals surface area contributed by atoms with Gasteiger partial charge in [0.1, 0.15) is 0 Å². The number of rotatable bonds is 3. The van der Waals surface area contributed by atoms with Gasteiger partial charge in [-0.1, -0.05) is 83.9 Å². The lowest BCUT2D eigenvalue weighted by atomic mass is 9.97. The molecular formula is C21H15Cl2NO. The zero-order chi connectivity index (χ0) is 17.4. The first-order valence-corrected chi connectivity index (χ1v) is 8.76. The van der Waals surface area contributed by atoms with Gasteiger partial charge in [0.25, 0.3) is 5.91 Å². The number of alkyl halides is 1. The van der Waals surface area contributed by atoms with Crippen LogP contribution in [0.15, 0.2) is 78.9 Å². The van der Waals surface area contributed by atoms with Crippen LogP contribution in [0.2, 0.25) is 5.02 Å². The van der Waals surface area contributed by atoms with Crippen LogP contribution in [0.5, 0.6) is 0 Å². The van der Waals surface area contributed by atoms with Crippen molar-refractivity contribution in [3.8, 4) is 0 Å². The lowest BCUT2D eigenvalue weighted by molar-refractivity contribution is 0.0702. The summed E-state index contributed by atoms with van der Waals surface area (Å²) in [4.78, 5) is 13.7. The van der Waals surface area contributed by atoms with Gasteiger partial charge in [0.15, 0.2) is 5.00 Å². The molecule has 0 aromatic heterocycles. The van der Waals surface area contributed by atoms with Gasteiger partial charge in [0.05, 0.1) is 0 Å². The maximum Gasteiger partial charge on any atom is 0.256 e. The Morgan fingerprint density at radius 2 is 1.48 bits per heavy atom. The monoisotopic (exact) mass is 367 g/mol. The number of carbonyl (C=O) groups excluding carboxylic acids is 1. The second kappa shape index (κ2) is 6.21. The van der Waals surface area contributed by atoms with Crippen LogP contribution in [0.25, 0.3) is 0 Å². The Morgan fingerprint density at radius 3 is 2.20 bits per heavy atom. The molecule has 1 amide bonds. The fourth-order valence-electron chi connectivity index (χ4n) is 3.32. The molecule has 0 bridgehead atoms. The largest absolute Gasteiger partial charge is 0.307 e. The van der Waals surface area contributed by atoms with Gasteiger partial charge in [-0.2, -0.15) is 0 Å². The summed E-state index contributed by atoms with van der Waals surface area (Å²) < 4.78 is 0. The van der Waals surface area contributed by atoms with Crippen LogP contribution >= 0.6 is 23.2 Å². The smallest absolute Gasteiger partial charge is 0.256 e. The van der Waals surface area contributed by atoms with Gasteiger partial charge in [-0.15, -0.1) is 0 Å². The minimum Gasteiger partial charge on any atom is -0.307 e. The van der Waals surface area contributed by atoms with E-state index in [1.807, 2.05) is 66.7 Å². The summed E-state index contributed by atoms with van der Waals surface area (Å²) in [7, 11) is 0. The van der Waals surface area contributed by atoms with E-state index in [0.717, 1.165) is 16.7 Å². The molecule has 0 radical (unpaired) electrons. The molecule has 0 spiro atoms. The highest BCUT2D eigenvalue weighted by atomic mass is 35.5. The van der Waals surface area contributed by atoms with E-state index in [4.69, 9.17) is 23.2 Å². The number of fused-ring (bicyclic) bond motifs is 1. The summed E-state index contributed by atoms with van der Waals surface area (Å²) >= 11 is 13.2. The topological polar surface area (TPSA) is 20.3 Å². The molecule has 1 atom stereocenters. The van der Waals surface area contributed by atoms with Crippen molar-refractivity contribution in [3.63, 3.8) is 0 Å². The van der Waals surface area contributed by atoms with E-state index in [1.165, 1.54) is 0 Å². The van der Waals surface area contributed by atoms with Crippen LogP contribution in [0.4, 0.5) is 0 Å². The summed E-state index contributed by atoms with van der Waals surface area (Å²) in [5.41, 5.74) is 3.30. The second-order valence-corrected chi connectivity index (χ2v) is 7.03. The number of carbonyl (C=O) groups is 1. The third kappa shape index (κ3) is 2.62. The van der Waals surface area contributed by atoms with Gasteiger partial charge >= 0.3 is 0 Å². The fourth-order valence-corrected chi connectivity index (χ4v) is 3.87. The van der Waals surface area contributed by atoms with Crippen molar-refractivity contribution in [3.05, 3.63) is 106 Å². The molecule has 3 aromatic rings. The van der Waals surface area contributed by atoms with Gasteiger partial charge in [0.2, 0.25) is 0 Å². The number of benzene rings is 3. The molecule has 1 heterocycles. The molecule has 1 aliphatic heterocycles. The third-order valence-electron chi connectivity index (χ3n) is 4.54. The Balaban J connectivity index is 1.87. The highest BCUT2D eigenvalue weighted by molar-refractivity contribution is 6.31. The molecule has 0 saturated heterocycles. The summed E-state index contributed by atoms with van der Waals surface area (Å²) in [5.74, 6) is -0.0654. The van der Waals surface area contributed by atoms with E-state index >= 15 is 0 Å². The van der Waals surface area contributed by atoms with E-state index in [9.17, 15) is 4.79 Å². The number of amides is 1. The average Bonchev–Trinajstić information content (AvgIpc) is 2.86. The molecule has 3 aromatic carbocycles. The van der Waals surface area contributed by atoms with E-state index in [-0.39, 0.29) is 5.91 Å². The van der Waals surface area contributed by atoms with Crippen molar-refractivity contribution in [1.29, 1.82) is 0 Å². The van der Waals surface area contributed by atoms with E-state index < -0.39 is 5.00 Å². The molecule has 0 saturated carbocycles. The maximum absolute atomic E-state index is 13.1. The third-order valence-corrected chi connectivity index (χ3v) is 5.42. The molecule has 1 unspecified atom stereocenters. The Hall–Kier alpha value is -2.29. The van der Waals surface area contributed by atoms with Crippen molar-refractivity contribution in [1.82, 2.24) is 4.90 Å². The van der Waals surface area contributed by atoms with E-state index in [1.54, 1.807) is 17.0 Å². The first-order chi connectivity index (χ1) is 12.1. The van der Waals surface area contributed by atoms with Gasteiger partial charge < -0.3 is 4.90 Å². The number of hydrogen-bond acceptors (Lipinski definition) is 1. The molecule has 25 heavy (non-hydrogen) atoms. The average molecular weight is 368 g/mol. The molecule has 0 aliphatic carbocycles. The lowest BCUT2D eigenvalue weighted by Gasteiger charge is -2.34. The molecule has 0 N–H and O–H groups in total. The Labute approximate surface area is 156 Å². The van der Waals surface area contributed by atoms with E-state index in [0.29, 0.717) is 17.1 Å². The molecule has 4 rings (SSSR count). The van der Waals surface area contributed by atoms with Crippen molar-refractivity contribution in [2.24, 2.45) is 0 Å². The van der Waals surface area contributed by atoms with Crippen molar-refractivity contribution < 1.29 is 4.79 Å². The number of nitrogens with zero attached hydrogens (tertiary/aromatic N) is 1. The highest BCUT2D eigenvalue weighted by Crippen LogP contribution is 2.48. The Morgan fingerprint density at radius 1 is 0.840 bits per heavy atom. The highest BCUT2D eigenvalue weighted by Gasteiger charge is 2.49. The van der Waals surface area contributed by atoms with Crippen molar-refractivity contribution in [2.75, 3.05) is 0 Å². The van der Waals surface area contributed by atoms with Crippen LogP contribution in [0, 0.1) is 0 Å². The zero-order valence-electron chi connectivity index (χ0n) is 13.3. The van der Waals surface area contributed by atoms with Gasteiger partial charge in [-0.25, -0.2) is 0 Å². The van der Waals surface area contributed by atoms with Crippen LogP contribution in [0.1, 0.15) is 27.0 Å². The molecule has 0 fully saturated rings. The fraction of sp³-hybridized carbons (Fsp3) is 0.0952. The quantitative estimate of drug-likeness (QED) is 0.446. The predicted molar refractivity (Wildman–Crippen MR) is 101 cm³/mol. The number of hydrogen-bond donors (Lipinski definition) is 0. The van der Waals surface area contributed by atoms with Gasteiger partial charge in [0, 0.05) is 22.7 Å². The molecule has 2 nitrogen and oxygen atoms in total. The Kier molecular flexibility index (Phi) is 4.03. The van der Waals surface area contributed by atoms with Gasteiger partial charge in [-0.3, -0.25) is 4.79 Å². The van der Waals surface area contributed by atoms with Crippen LogP contribution in [-0.4, -0.2) is 10.8 Å². The molecule has 124 valence electrons. The Bertz CT molecular complexity index is 924. The van der Waals surface area contributed by atoms with Crippen molar-refractivity contribution >= 4 is 29.1 Å². The first kappa shape index (κ1) is 16.2. The van der Waals surface area contributed by atoms with Crippen LogP contribution in [-0.2, 0) is 11.5 Å². The van der Waals surface area contributed by atoms with Crippen molar-refractivity contribution in [2.45, 2.75) is 11.5 Å². The summed E-state index contributed by atoms with van der Waals surface area (Å²) in [5, 5.41) is 0.635. The van der Waals surface area contributed by atoms with E-state index in [2.05, 4.69) is 0 Å². The number of halogens is 2. The molecule has 4 heteroatoms. The van der Waals surface area contributed by atoms with Crippen LogP contribution < -0.4 is 0 Å². The lowest BCUT2D eigenvalue weighted by Crippen LogP contribution is -2.39. The zero-order valence-corrected chi connectivity index (χ0v) is 14.8. The molecular weight excluding hydrogens is 353 g/mol.